The number of hydrogen-bond acceptors (Lipinski definition) is 8. The van der Waals surface area contributed by atoms with Gasteiger partial charge in [-0.3, -0.25) is 9.36 Å². The van der Waals surface area contributed by atoms with E-state index in [1.807, 2.05) is 6.07 Å². The molecule has 4 rings (SSSR count). The van der Waals surface area contributed by atoms with Crippen LogP contribution in [0.25, 0.3) is 16.6 Å². The van der Waals surface area contributed by atoms with Crippen LogP contribution in [0.4, 0.5) is 30.8 Å². The summed E-state index contributed by atoms with van der Waals surface area (Å²) in [4.78, 5) is 25.6. The summed E-state index contributed by atoms with van der Waals surface area (Å²) in [5, 5.41) is 11.6. The number of nitrogen functional groups attached to an aromatic ring is 2. The van der Waals surface area contributed by atoms with E-state index in [1.54, 1.807) is 6.92 Å². The number of halogens is 4. The first-order chi connectivity index (χ1) is 16.6. The number of nitrogens with one attached hydrogen (secondary N) is 1. The molecule has 0 fully saturated rings. The molecule has 0 saturated carbocycles. The summed E-state index contributed by atoms with van der Waals surface area (Å²) in [5.74, 6) is -3.43. The second-order valence-electron chi connectivity index (χ2n) is 7.40. The highest BCUT2D eigenvalue weighted by atomic mass is 35.5. The van der Waals surface area contributed by atoms with Gasteiger partial charge in [-0.25, -0.2) is 18.2 Å². The second-order valence-corrected chi connectivity index (χ2v) is 7.81. The number of aromatic nitrogens is 4. The van der Waals surface area contributed by atoms with Gasteiger partial charge in [-0.05, 0) is 30.7 Å². The van der Waals surface area contributed by atoms with Crippen LogP contribution in [0.5, 0.6) is 0 Å². The summed E-state index contributed by atoms with van der Waals surface area (Å²) in [6, 6.07) is 5.99. The molecule has 13 heteroatoms. The number of nitriles is 1. The normalized spacial score (nSPS) is 11.9. The maximum Gasteiger partial charge on any atom is 0.269 e. The van der Waals surface area contributed by atoms with Crippen molar-refractivity contribution in [2.75, 3.05) is 16.8 Å². The number of nitrogens with zero attached hydrogens (tertiary/aromatic N) is 5. The topological polar surface area (TPSA) is 149 Å². The third-order valence-electron chi connectivity index (χ3n) is 5.16. The van der Waals surface area contributed by atoms with E-state index in [2.05, 4.69) is 20.3 Å². The van der Waals surface area contributed by atoms with Gasteiger partial charge in [-0.1, -0.05) is 18.5 Å². The predicted molar refractivity (Wildman–Crippen MR) is 124 cm³/mol. The van der Waals surface area contributed by atoms with Crippen molar-refractivity contribution < 1.29 is 13.2 Å². The van der Waals surface area contributed by atoms with Crippen molar-refractivity contribution in [2.24, 2.45) is 0 Å². The highest BCUT2D eigenvalue weighted by Crippen LogP contribution is 2.29. The number of anilines is 3. The Balaban J connectivity index is 2.03. The summed E-state index contributed by atoms with van der Waals surface area (Å²) in [7, 11) is 0. The van der Waals surface area contributed by atoms with Crippen LogP contribution in [-0.2, 0) is 0 Å². The van der Waals surface area contributed by atoms with Crippen molar-refractivity contribution in [3.05, 3.63) is 74.5 Å². The van der Waals surface area contributed by atoms with E-state index in [0.717, 1.165) is 16.7 Å². The molecule has 0 saturated heterocycles. The van der Waals surface area contributed by atoms with Gasteiger partial charge in [0.15, 0.2) is 11.6 Å². The SMILES string of the molecule is CC[C@H](Nc1nc(N)nc(N)c1C#N)c1nc2ccc(Cl)c(F)c2c(=O)n1-c1cc(F)cc(F)c1. The second kappa shape index (κ2) is 9.11. The number of fused-ring (bicyclic) bond motifs is 1. The molecule has 2 aromatic heterocycles. The van der Waals surface area contributed by atoms with Crippen molar-refractivity contribution in [2.45, 2.75) is 19.4 Å². The minimum absolute atomic E-state index is 0.0394. The van der Waals surface area contributed by atoms with Crippen molar-refractivity contribution in [1.29, 1.82) is 5.26 Å². The van der Waals surface area contributed by atoms with Gasteiger partial charge in [0.25, 0.3) is 5.56 Å². The average Bonchev–Trinajstić information content (AvgIpc) is 2.78. The van der Waals surface area contributed by atoms with Crippen LogP contribution in [0, 0.1) is 28.8 Å². The Bertz CT molecular complexity index is 1560. The summed E-state index contributed by atoms with van der Waals surface area (Å²) in [6.45, 7) is 1.72. The highest BCUT2D eigenvalue weighted by Gasteiger charge is 2.25. The molecule has 0 spiro atoms. The molecule has 0 amide bonds. The Morgan fingerprint density at radius 3 is 2.46 bits per heavy atom. The lowest BCUT2D eigenvalue weighted by molar-refractivity contribution is 0.578. The smallest absolute Gasteiger partial charge is 0.269 e. The minimum atomic E-state index is -1.03. The molecule has 0 unspecified atom stereocenters. The molecule has 1 atom stereocenters. The Labute approximate surface area is 200 Å². The zero-order valence-corrected chi connectivity index (χ0v) is 18.7. The fourth-order valence-corrected chi connectivity index (χ4v) is 3.76. The van der Waals surface area contributed by atoms with Crippen LogP contribution in [-0.4, -0.2) is 19.5 Å². The van der Waals surface area contributed by atoms with Crippen LogP contribution in [0.1, 0.15) is 30.8 Å². The van der Waals surface area contributed by atoms with Gasteiger partial charge in [0.2, 0.25) is 5.95 Å². The standard InChI is InChI=1S/C22H16ClF3N8O/c1-2-14(30-19-12(8-27)18(28)32-22(29)33-19)20-31-15-4-3-13(23)17(26)16(15)21(35)34(20)11-6-9(24)5-10(25)7-11/h3-7,14H,2H2,1H3,(H5,28,29,30,32,33)/t14-/m0/s1. The maximum absolute atomic E-state index is 14.8. The van der Waals surface area contributed by atoms with E-state index in [0.29, 0.717) is 6.07 Å². The lowest BCUT2D eigenvalue weighted by Crippen LogP contribution is -2.29. The van der Waals surface area contributed by atoms with E-state index in [1.165, 1.54) is 12.1 Å². The molecule has 0 aliphatic carbocycles. The predicted octanol–water partition coefficient (Wildman–Crippen LogP) is 3.85. The molecule has 0 aliphatic rings. The molecule has 2 aromatic carbocycles. The minimum Gasteiger partial charge on any atom is -0.382 e. The van der Waals surface area contributed by atoms with E-state index >= 15 is 0 Å². The molecule has 0 radical (unpaired) electrons. The van der Waals surface area contributed by atoms with Crippen LogP contribution in [0.15, 0.2) is 35.1 Å². The third-order valence-corrected chi connectivity index (χ3v) is 5.45. The van der Waals surface area contributed by atoms with Crippen LogP contribution >= 0.6 is 11.6 Å². The van der Waals surface area contributed by atoms with Crippen molar-refractivity contribution in [1.82, 2.24) is 19.5 Å². The molecule has 2 heterocycles. The quantitative estimate of drug-likeness (QED) is 0.374. The van der Waals surface area contributed by atoms with Gasteiger partial charge in [0.05, 0.1) is 22.3 Å². The van der Waals surface area contributed by atoms with E-state index in [4.69, 9.17) is 23.1 Å². The molecule has 0 aliphatic heterocycles. The molecule has 35 heavy (non-hydrogen) atoms. The fraction of sp³-hybridized carbons (Fsp3) is 0.136. The molecule has 4 aromatic rings. The fourth-order valence-electron chi connectivity index (χ4n) is 3.60. The Morgan fingerprint density at radius 2 is 1.83 bits per heavy atom. The third kappa shape index (κ3) is 4.29. The van der Waals surface area contributed by atoms with Gasteiger partial charge in [0, 0.05) is 6.07 Å². The van der Waals surface area contributed by atoms with Gasteiger partial charge in [-0.15, -0.1) is 0 Å². The summed E-state index contributed by atoms with van der Waals surface area (Å²) in [5.41, 5.74) is 10.1. The first-order valence-electron chi connectivity index (χ1n) is 10.1. The molecule has 178 valence electrons. The number of hydrogen-bond donors (Lipinski definition) is 3. The van der Waals surface area contributed by atoms with E-state index in [-0.39, 0.29) is 51.6 Å². The number of benzene rings is 2. The van der Waals surface area contributed by atoms with Crippen LogP contribution in [0.2, 0.25) is 5.02 Å². The first-order valence-corrected chi connectivity index (χ1v) is 10.5. The number of nitrogens with two attached hydrogens (primary N) is 2. The van der Waals surface area contributed by atoms with Crippen LogP contribution in [0.3, 0.4) is 0 Å². The van der Waals surface area contributed by atoms with Gasteiger partial charge in [-0.2, -0.15) is 15.2 Å². The maximum atomic E-state index is 14.8. The molecular formula is C22H16ClF3N8O. The Kier molecular flexibility index (Phi) is 6.19. The molecule has 5 N–H and O–H groups in total. The van der Waals surface area contributed by atoms with Crippen molar-refractivity contribution >= 4 is 40.1 Å². The van der Waals surface area contributed by atoms with Gasteiger partial charge in [0.1, 0.15) is 40.3 Å². The monoisotopic (exact) mass is 500 g/mol. The summed E-state index contributed by atoms with van der Waals surface area (Å²) >= 11 is 5.86. The Hall–Kier alpha value is -4.37. The number of rotatable bonds is 5. The Morgan fingerprint density at radius 1 is 1.14 bits per heavy atom. The van der Waals surface area contributed by atoms with Gasteiger partial charge >= 0.3 is 0 Å². The van der Waals surface area contributed by atoms with Gasteiger partial charge < -0.3 is 16.8 Å². The summed E-state index contributed by atoms with van der Waals surface area (Å²) in [6.07, 6.45) is 0.237. The van der Waals surface area contributed by atoms with E-state index < -0.39 is 34.4 Å². The molecule has 9 nitrogen and oxygen atoms in total. The summed E-state index contributed by atoms with van der Waals surface area (Å²) < 4.78 is 43.9. The van der Waals surface area contributed by atoms with E-state index in [9.17, 15) is 23.2 Å². The largest absolute Gasteiger partial charge is 0.382 e. The molecule has 0 bridgehead atoms. The highest BCUT2D eigenvalue weighted by molar-refractivity contribution is 6.31. The average molecular weight is 501 g/mol. The lowest BCUT2D eigenvalue weighted by Gasteiger charge is -2.23. The first kappa shape index (κ1) is 23.8. The van der Waals surface area contributed by atoms with Crippen molar-refractivity contribution in [3.8, 4) is 11.8 Å². The lowest BCUT2D eigenvalue weighted by atomic mass is 10.1. The zero-order valence-electron chi connectivity index (χ0n) is 18.0. The zero-order chi connectivity index (χ0) is 25.4. The van der Waals surface area contributed by atoms with Crippen LogP contribution < -0.4 is 22.3 Å². The van der Waals surface area contributed by atoms with Crippen molar-refractivity contribution in [3.63, 3.8) is 0 Å². The molecular weight excluding hydrogens is 485 g/mol.